The molecule has 2 aliphatic rings. The van der Waals surface area contributed by atoms with Gasteiger partial charge in [-0.3, -0.25) is 14.8 Å². The van der Waals surface area contributed by atoms with E-state index in [2.05, 4.69) is 20.4 Å². The van der Waals surface area contributed by atoms with E-state index in [1.165, 1.54) is 12.1 Å². The molecule has 4 rings (SSSR count). The number of hydrogen-bond acceptors (Lipinski definition) is 4. The number of likely N-dealkylation sites (tertiary alicyclic amines) is 1. The summed E-state index contributed by atoms with van der Waals surface area (Å²) < 4.78 is 13.2. The normalized spacial score (nSPS) is 22.7. The lowest BCUT2D eigenvalue weighted by Gasteiger charge is -2.33. The Balaban J connectivity index is 1.57. The van der Waals surface area contributed by atoms with Crippen molar-refractivity contribution in [2.24, 2.45) is 5.41 Å². The number of piperidine rings is 1. The van der Waals surface area contributed by atoms with E-state index >= 15 is 0 Å². The van der Waals surface area contributed by atoms with Crippen molar-refractivity contribution in [3.05, 3.63) is 41.8 Å². The number of carboxylic acid groups (broad SMARTS) is 1. The van der Waals surface area contributed by atoms with Gasteiger partial charge in [-0.2, -0.15) is 5.10 Å². The van der Waals surface area contributed by atoms with Gasteiger partial charge >= 0.3 is 5.97 Å². The fraction of sp³-hybridized carbons (Fsp3) is 0.474. The van der Waals surface area contributed by atoms with Gasteiger partial charge in [0.05, 0.1) is 11.9 Å². The number of benzene rings is 1. The van der Waals surface area contributed by atoms with E-state index < -0.39 is 12.0 Å². The van der Waals surface area contributed by atoms with E-state index in [1.54, 1.807) is 18.3 Å². The monoisotopic (exact) mass is 358 g/mol. The number of aromatic amines is 1. The maximum absolute atomic E-state index is 13.2. The van der Waals surface area contributed by atoms with Gasteiger partial charge in [-0.25, -0.2) is 4.39 Å². The quantitative estimate of drug-likeness (QED) is 0.781. The van der Waals surface area contributed by atoms with E-state index in [1.807, 2.05) is 0 Å². The molecular formula is C19H23FN4O2. The van der Waals surface area contributed by atoms with Gasteiger partial charge < -0.3 is 10.4 Å². The third-order valence-corrected chi connectivity index (χ3v) is 5.78. The molecular weight excluding hydrogens is 335 g/mol. The Labute approximate surface area is 151 Å². The molecule has 0 amide bonds. The third kappa shape index (κ3) is 3.24. The largest absolute Gasteiger partial charge is 0.480 e. The number of nitrogens with one attached hydrogen (secondary N) is 2. The number of halogens is 1. The van der Waals surface area contributed by atoms with Crippen molar-refractivity contribution in [3.8, 4) is 11.3 Å². The summed E-state index contributed by atoms with van der Waals surface area (Å²) in [6.07, 6.45) is 4.48. The summed E-state index contributed by atoms with van der Waals surface area (Å²) in [5.74, 6) is -1.04. The molecule has 0 aliphatic carbocycles. The predicted molar refractivity (Wildman–Crippen MR) is 95.0 cm³/mol. The van der Waals surface area contributed by atoms with Crippen molar-refractivity contribution in [1.29, 1.82) is 0 Å². The standard InChI is InChI=1S/C19H23FN4O2/c20-15-3-1-13(2-4-15)17-14(10-22-23-17)11-24-12-19(5-7-21-8-6-19)9-16(24)18(25)26/h1-4,10,16,21H,5-9,11-12H2,(H,22,23)(H,25,26)/t16-/m1/s1. The van der Waals surface area contributed by atoms with Gasteiger partial charge in [0, 0.05) is 24.2 Å². The molecule has 26 heavy (non-hydrogen) atoms. The summed E-state index contributed by atoms with van der Waals surface area (Å²) in [5.41, 5.74) is 2.70. The first-order chi connectivity index (χ1) is 12.6. The maximum Gasteiger partial charge on any atom is 0.320 e. The summed E-state index contributed by atoms with van der Waals surface area (Å²) in [4.78, 5) is 13.9. The summed E-state index contributed by atoms with van der Waals surface area (Å²) in [5, 5.41) is 20.2. The number of H-pyrrole nitrogens is 1. The predicted octanol–water partition coefficient (Wildman–Crippen LogP) is 2.24. The zero-order valence-electron chi connectivity index (χ0n) is 14.5. The molecule has 2 fully saturated rings. The molecule has 2 aromatic rings. The molecule has 3 heterocycles. The summed E-state index contributed by atoms with van der Waals surface area (Å²) in [6.45, 7) is 3.22. The Kier molecular flexibility index (Phi) is 4.50. The SMILES string of the molecule is O=C(O)[C@H]1CC2(CCNCC2)CN1Cc1cn[nH]c1-c1ccc(F)cc1. The molecule has 1 aromatic heterocycles. The number of aromatic nitrogens is 2. The number of carboxylic acids is 1. The molecule has 6 nitrogen and oxygen atoms in total. The van der Waals surface area contributed by atoms with E-state index in [0.29, 0.717) is 13.0 Å². The first kappa shape index (κ1) is 17.2. The second-order valence-corrected chi connectivity index (χ2v) is 7.49. The fourth-order valence-electron chi connectivity index (χ4n) is 4.39. The fourth-order valence-corrected chi connectivity index (χ4v) is 4.39. The minimum Gasteiger partial charge on any atom is -0.480 e. The Hall–Kier alpha value is -2.25. The molecule has 1 aromatic carbocycles. The Morgan fingerprint density at radius 3 is 2.73 bits per heavy atom. The van der Waals surface area contributed by atoms with Crippen LogP contribution in [0.2, 0.25) is 0 Å². The molecule has 2 aliphatic heterocycles. The van der Waals surface area contributed by atoms with Crippen LogP contribution in [0.1, 0.15) is 24.8 Å². The van der Waals surface area contributed by atoms with E-state index in [4.69, 9.17) is 0 Å². The van der Waals surface area contributed by atoms with Crippen LogP contribution in [0.5, 0.6) is 0 Å². The number of hydrogen-bond donors (Lipinski definition) is 3. The van der Waals surface area contributed by atoms with Crippen LogP contribution in [0.4, 0.5) is 4.39 Å². The van der Waals surface area contributed by atoms with Crippen molar-refractivity contribution in [2.75, 3.05) is 19.6 Å². The molecule has 0 saturated carbocycles. The smallest absolute Gasteiger partial charge is 0.320 e. The van der Waals surface area contributed by atoms with Crippen molar-refractivity contribution in [1.82, 2.24) is 20.4 Å². The molecule has 7 heteroatoms. The molecule has 1 atom stereocenters. The summed E-state index contributed by atoms with van der Waals surface area (Å²) in [7, 11) is 0. The first-order valence-corrected chi connectivity index (χ1v) is 9.02. The van der Waals surface area contributed by atoms with Crippen LogP contribution in [-0.2, 0) is 11.3 Å². The molecule has 2 saturated heterocycles. The second kappa shape index (κ2) is 6.81. The average Bonchev–Trinajstić information content (AvgIpc) is 3.22. The van der Waals surface area contributed by atoms with Crippen LogP contribution in [0, 0.1) is 11.2 Å². The topological polar surface area (TPSA) is 81.2 Å². The highest BCUT2D eigenvalue weighted by Crippen LogP contribution is 2.43. The van der Waals surface area contributed by atoms with Gasteiger partial charge in [-0.05, 0) is 62.0 Å². The van der Waals surface area contributed by atoms with E-state index in [-0.39, 0.29) is 11.2 Å². The van der Waals surface area contributed by atoms with Crippen molar-refractivity contribution in [2.45, 2.75) is 31.8 Å². The second-order valence-electron chi connectivity index (χ2n) is 7.49. The average molecular weight is 358 g/mol. The summed E-state index contributed by atoms with van der Waals surface area (Å²) in [6, 6.07) is 5.78. The molecule has 0 radical (unpaired) electrons. The molecule has 1 spiro atoms. The van der Waals surface area contributed by atoms with Crippen LogP contribution >= 0.6 is 0 Å². The third-order valence-electron chi connectivity index (χ3n) is 5.78. The molecule has 138 valence electrons. The van der Waals surface area contributed by atoms with Gasteiger partial charge in [0.15, 0.2) is 0 Å². The van der Waals surface area contributed by atoms with Crippen molar-refractivity contribution < 1.29 is 14.3 Å². The van der Waals surface area contributed by atoms with Crippen LogP contribution in [0.25, 0.3) is 11.3 Å². The number of carbonyl (C=O) groups is 1. The number of aliphatic carboxylic acids is 1. The van der Waals surface area contributed by atoms with Crippen molar-refractivity contribution >= 4 is 5.97 Å². The van der Waals surface area contributed by atoms with Crippen LogP contribution < -0.4 is 5.32 Å². The van der Waals surface area contributed by atoms with E-state index in [9.17, 15) is 14.3 Å². The zero-order valence-corrected chi connectivity index (χ0v) is 14.5. The van der Waals surface area contributed by atoms with Gasteiger partial charge in [0.2, 0.25) is 0 Å². The Morgan fingerprint density at radius 2 is 2.04 bits per heavy atom. The highest BCUT2D eigenvalue weighted by molar-refractivity contribution is 5.74. The first-order valence-electron chi connectivity index (χ1n) is 9.02. The summed E-state index contributed by atoms with van der Waals surface area (Å²) >= 11 is 0. The maximum atomic E-state index is 13.2. The van der Waals surface area contributed by atoms with Gasteiger partial charge in [-0.15, -0.1) is 0 Å². The highest BCUT2D eigenvalue weighted by atomic mass is 19.1. The van der Waals surface area contributed by atoms with Crippen LogP contribution in [-0.4, -0.2) is 51.8 Å². The Bertz CT molecular complexity index is 783. The van der Waals surface area contributed by atoms with E-state index in [0.717, 1.165) is 49.3 Å². The minimum atomic E-state index is -0.757. The highest BCUT2D eigenvalue weighted by Gasteiger charge is 2.47. The van der Waals surface area contributed by atoms with Crippen molar-refractivity contribution in [3.63, 3.8) is 0 Å². The lowest BCUT2D eigenvalue weighted by Crippen LogP contribution is -2.38. The zero-order chi connectivity index (χ0) is 18.1. The molecule has 3 N–H and O–H groups in total. The van der Waals surface area contributed by atoms with Gasteiger partial charge in [-0.1, -0.05) is 0 Å². The molecule has 0 unspecified atom stereocenters. The lowest BCUT2D eigenvalue weighted by molar-refractivity contribution is -0.142. The number of nitrogens with zero attached hydrogens (tertiary/aromatic N) is 2. The van der Waals surface area contributed by atoms with Gasteiger partial charge in [0.1, 0.15) is 11.9 Å². The minimum absolute atomic E-state index is 0.0914. The van der Waals surface area contributed by atoms with Crippen LogP contribution in [0.15, 0.2) is 30.5 Å². The lowest BCUT2D eigenvalue weighted by atomic mass is 9.77. The van der Waals surface area contributed by atoms with Gasteiger partial charge in [0.25, 0.3) is 0 Å². The van der Waals surface area contributed by atoms with Crippen LogP contribution in [0.3, 0.4) is 0 Å². The number of rotatable bonds is 4. The Morgan fingerprint density at radius 1 is 1.31 bits per heavy atom. The molecule has 0 bridgehead atoms.